The second-order valence-electron chi connectivity index (χ2n) is 3.85. The third-order valence-corrected chi connectivity index (χ3v) is 2.95. The highest BCUT2D eigenvalue weighted by molar-refractivity contribution is 9.10. The second-order valence-corrected chi connectivity index (χ2v) is 4.76. The number of amides is 1. The standard InChI is InChI=1S/C12H17BrN2O2/c1-14-6-3-7-15(2)12(17)10-8-9(13)4-5-11(10)16/h4-5,8,14,16H,3,6-7H2,1-2H3. The first-order valence-electron chi connectivity index (χ1n) is 5.45. The summed E-state index contributed by atoms with van der Waals surface area (Å²) in [5, 5.41) is 12.7. The van der Waals surface area contributed by atoms with Crippen LogP contribution in [0.15, 0.2) is 22.7 Å². The zero-order valence-electron chi connectivity index (χ0n) is 10.0. The van der Waals surface area contributed by atoms with E-state index in [0.717, 1.165) is 17.4 Å². The summed E-state index contributed by atoms with van der Waals surface area (Å²) < 4.78 is 0.780. The van der Waals surface area contributed by atoms with Crippen molar-refractivity contribution < 1.29 is 9.90 Å². The average Bonchev–Trinajstić information content (AvgIpc) is 2.31. The first-order chi connectivity index (χ1) is 8.06. The van der Waals surface area contributed by atoms with Crippen LogP contribution in [0.25, 0.3) is 0 Å². The van der Waals surface area contributed by atoms with E-state index >= 15 is 0 Å². The molecule has 0 aliphatic rings. The van der Waals surface area contributed by atoms with Crippen LogP contribution in [0.1, 0.15) is 16.8 Å². The quantitative estimate of drug-likeness (QED) is 0.816. The molecule has 5 heteroatoms. The van der Waals surface area contributed by atoms with Crippen LogP contribution in [0.2, 0.25) is 0 Å². The Bertz CT molecular complexity index is 396. The van der Waals surface area contributed by atoms with Gasteiger partial charge in [0, 0.05) is 18.1 Å². The molecular formula is C12H17BrN2O2. The first-order valence-corrected chi connectivity index (χ1v) is 6.24. The van der Waals surface area contributed by atoms with E-state index in [-0.39, 0.29) is 11.7 Å². The van der Waals surface area contributed by atoms with Crippen molar-refractivity contribution in [3.05, 3.63) is 28.2 Å². The van der Waals surface area contributed by atoms with Gasteiger partial charge < -0.3 is 15.3 Å². The van der Waals surface area contributed by atoms with E-state index in [1.54, 1.807) is 24.1 Å². The molecule has 0 radical (unpaired) electrons. The van der Waals surface area contributed by atoms with Crippen molar-refractivity contribution in [2.75, 3.05) is 27.2 Å². The summed E-state index contributed by atoms with van der Waals surface area (Å²) in [6, 6.07) is 4.85. The molecular weight excluding hydrogens is 284 g/mol. The van der Waals surface area contributed by atoms with E-state index in [2.05, 4.69) is 21.2 Å². The number of carbonyl (C=O) groups is 1. The number of rotatable bonds is 5. The van der Waals surface area contributed by atoms with E-state index in [1.807, 2.05) is 7.05 Å². The minimum absolute atomic E-state index is 0.0127. The molecule has 0 aromatic heterocycles. The lowest BCUT2D eigenvalue weighted by Gasteiger charge is -2.17. The maximum atomic E-state index is 12.0. The number of aromatic hydroxyl groups is 1. The summed E-state index contributed by atoms with van der Waals surface area (Å²) in [4.78, 5) is 13.6. The van der Waals surface area contributed by atoms with Gasteiger partial charge in [-0.05, 0) is 38.2 Å². The maximum absolute atomic E-state index is 12.0. The number of nitrogens with one attached hydrogen (secondary N) is 1. The molecule has 0 atom stereocenters. The van der Waals surface area contributed by atoms with Crippen LogP contribution in [-0.4, -0.2) is 43.1 Å². The molecule has 0 saturated carbocycles. The van der Waals surface area contributed by atoms with Crippen molar-refractivity contribution in [3.63, 3.8) is 0 Å². The normalized spacial score (nSPS) is 10.3. The molecule has 0 unspecified atom stereocenters. The number of phenols is 1. The van der Waals surface area contributed by atoms with Crippen LogP contribution in [0.3, 0.4) is 0 Å². The van der Waals surface area contributed by atoms with Gasteiger partial charge in [-0.3, -0.25) is 4.79 Å². The topological polar surface area (TPSA) is 52.6 Å². The van der Waals surface area contributed by atoms with E-state index < -0.39 is 0 Å². The highest BCUT2D eigenvalue weighted by Crippen LogP contribution is 2.22. The van der Waals surface area contributed by atoms with Crippen LogP contribution in [0.5, 0.6) is 5.75 Å². The molecule has 1 rings (SSSR count). The number of halogens is 1. The molecule has 0 saturated heterocycles. The molecule has 4 nitrogen and oxygen atoms in total. The molecule has 0 bridgehead atoms. The Morgan fingerprint density at radius 2 is 2.24 bits per heavy atom. The molecule has 0 aliphatic heterocycles. The number of hydrogen-bond donors (Lipinski definition) is 2. The Kier molecular flexibility index (Phi) is 5.44. The van der Waals surface area contributed by atoms with Crippen LogP contribution < -0.4 is 5.32 Å². The summed E-state index contributed by atoms with van der Waals surface area (Å²) in [5.41, 5.74) is 0.325. The molecule has 94 valence electrons. The van der Waals surface area contributed by atoms with Gasteiger partial charge in [0.15, 0.2) is 0 Å². The fourth-order valence-corrected chi connectivity index (χ4v) is 1.84. The van der Waals surface area contributed by atoms with Crippen LogP contribution in [0.4, 0.5) is 0 Å². The minimum atomic E-state index is -0.167. The number of carbonyl (C=O) groups excluding carboxylic acids is 1. The molecule has 0 aliphatic carbocycles. The molecule has 17 heavy (non-hydrogen) atoms. The summed E-state index contributed by atoms with van der Waals surface area (Å²) in [6.45, 7) is 1.52. The number of phenolic OH excluding ortho intramolecular Hbond substituents is 1. The molecule has 2 N–H and O–H groups in total. The Morgan fingerprint density at radius 1 is 1.53 bits per heavy atom. The molecule has 1 amide bonds. The van der Waals surface area contributed by atoms with E-state index in [1.165, 1.54) is 6.07 Å². The highest BCUT2D eigenvalue weighted by Gasteiger charge is 2.15. The van der Waals surface area contributed by atoms with Crippen molar-refractivity contribution >= 4 is 21.8 Å². The average molecular weight is 301 g/mol. The smallest absolute Gasteiger partial charge is 0.257 e. The predicted molar refractivity (Wildman–Crippen MR) is 71.3 cm³/mol. The zero-order valence-corrected chi connectivity index (χ0v) is 11.6. The summed E-state index contributed by atoms with van der Waals surface area (Å²) >= 11 is 3.29. The molecule has 0 heterocycles. The minimum Gasteiger partial charge on any atom is -0.507 e. The zero-order chi connectivity index (χ0) is 12.8. The van der Waals surface area contributed by atoms with Gasteiger partial charge in [0.05, 0.1) is 5.56 Å². The lowest BCUT2D eigenvalue weighted by molar-refractivity contribution is 0.0790. The van der Waals surface area contributed by atoms with Gasteiger partial charge in [-0.2, -0.15) is 0 Å². The van der Waals surface area contributed by atoms with Crippen LogP contribution in [0, 0.1) is 0 Å². The first kappa shape index (κ1) is 14.0. The Hall–Kier alpha value is -1.07. The van der Waals surface area contributed by atoms with E-state index in [0.29, 0.717) is 12.1 Å². The Balaban J connectivity index is 2.71. The molecule has 0 spiro atoms. The molecule has 1 aromatic carbocycles. The van der Waals surface area contributed by atoms with Crippen LogP contribution in [-0.2, 0) is 0 Å². The maximum Gasteiger partial charge on any atom is 0.257 e. The third-order valence-electron chi connectivity index (χ3n) is 2.46. The van der Waals surface area contributed by atoms with Crippen molar-refractivity contribution in [2.45, 2.75) is 6.42 Å². The van der Waals surface area contributed by atoms with Gasteiger partial charge in [-0.1, -0.05) is 15.9 Å². The predicted octanol–water partition coefficient (Wildman–Crippen LogP) is 1.84. The van der Waals surface area contributed by atoms with Gasteiger partial charge >= 0.3 is 0 Å². The fourth-order valence-electron chi connectivity index (χ4n) is 1.48. The molecule has 0 fully saturated rings. The van der Waals surface area contributed by atoms with Crippen molar-refractivity contribution in [3.8, 4) is 5.75 Å². The Morgan fingerprint density at radius 3 is 2.88 bits per heavy atom. The summed E-state index contributed by atoms with van der Waals surface area (Å²) in [7, 11) is 3.61. The lowest BCUT2D eigenvalue weighted by Crippen LogP contribution is -2.29. The van der Waals surface area contributed by atoms with Crippen molar-refractivity contribution in [1.29, 1.82) is 0 Å². The van der Waals surface area contributed by atoms with Gasteiger partial charge in [0.2, 0.25) is 0 Å². The SMILES string of the molecule is CNCCCN(C)C(=O)c1cc(Br)ccc1O. The van der Waals surface area contributed by atoms with E-state index in [9.17, 15) is 9.90 Å². The van der Waals surface area contributed by atoms with E-state index in [4.69, 9.17) is 0 Å². The fraction of sp³-hybridized carbons (Fsp3) is 0.417. The number of nitrogens with zero attached hydrogens (tertiary/aromatic N) is 1. The largest absolute Gasteiger partial charge is 0.507 e. The monoisotopic (exact) mass is 300 g/mol. The van der Waals surface area contributed by atoms with Crippen molar-refractivity contribution in [2.24, 2.45) is 0 Å². The number of benzene rings is 1. The molecule has 1 aromatic rings. The third kappa shape index (κ3) is 4.02. The summed E-state index contributed by atoms with van der Waals surface area (Å²) in [5.74, 6) is -0.154. The van der Waals surface area contributed by atoms with Gasteiger partial charge in [-0.25, -0.2) is 0 Å². The highest BCUT2D eigenvalue weighted by atomic mass is 79.9. The Labute approximate surface area is 110 Å². The van der Waals surface area contributed by atoms with Gasteiger partial charge in [0.25, 0.3) is 5.91 Å². The number of hydrogen-bond acceptors (Lipinski definition) is 3. The van der Waals surface area contributed by atoms with Crippen molar-refractivity contribution in [1.82, 2.24) is 10.2 Å². The lowest BCUT2D eigenvalue weighted by atomic mass is 10.1. The van der Waals surface area contributed by atoms with Crippen LogP contribution >= 0.6 is 15.9 Å². The summed E-state index contributed by atoms with van der Waals surface area (Å²) in [6.07, 6.45) is 0.882. The second kappa shape index (κ2) is 6.61. The van der Waals surface area contributed by atoms with Gasteiger partial charge in [0.1, 0.15) is 5.75 Å². The van der Waals surface area contributed by atoms with Gasteiger partial charge in [-0.15, -0.1) is 0 Å².